The third-order valence-electron chi connectivity index (χ3n) is 6.35. The molecular weight excluding hydrogens is 482 g/mol. The van der Waals surface area contributed by atoms with Crippen LogP contribution in [0.3, 0.4) is 0 Å². The lowest BCUT2D eigenvalue weighted by Gasteiger charge is -2.63. The molecule has 3 atom stereocenters. The average molecular weight is 509 g/mol. The van der Waals surface area contributed by atoms with E-state index in [1.807, 2.05) is 6.92 Å². The molecule has 0 bridgehead atoms. The van der Waals surface area contributed by atoms with Crippen LogP contribution in [-0.2, 0) is 17.5 Å². The Morgan fingerprint density at radius 3 is 2.75 bits per heavy atom. The topological polar surface area (TPSA) is 45.7 Å². The van der Waals surface area contributed by atoms with Gasteiger partial charge in [0.15, 0.2) is 5.96 Å². The lowest BCUT2D eigenvalue weighted by Crippen LogP contribution is -2.72. The van der Waals surface area contributed by atoms with E-state index in [-0.39, 0.29) is 35.9 Å². The molecule has 3 aliphatic rings. The molecule has 1 spiro atoms. The van der Waals surface area contributed by atoms with E-state index in [1.165, 1.54) is 31.4 Å². The molecule has 8 heteroatoms. The number of guanidine groups is 1. The van der Waals surface area contributed by atoms with Gasteiger partial charge in [0, 0.05) is 30.5 Å². The van der Waals surface area contributed by atoms with Crippen LogP contribution in [-0.4, -0.2) is 31.3 Å². The first-order valence-electron chi connectivity index (χ1n) is 9.76. The van der Waals surface area contributed by atoms with E-state index in [2.05, 4.69) is 15.6 Å². The van der Waals surface area contributed by atoms with Gasteiger partial charge >= 0.3 is 6.18 Å². The van der Waals surface area contributed by atoms with Crippen LogP contribution >= 0.6 is 24.0 Å². The number of rotatable bonds is 4. The van der Waals surface area contributed by atoms with Crippen LogP contribution in [0.15, 0.2) is 29.3 Å². The second-order valence-corrected chi connectivity index (χ2v) is 7.85. The maximum absolute atomic E-state index is 12.9. The van der Waals surface area contributed by atoms with Gasteiger partial charge in [0.25, 0.3) is 0 Å². The van der Waals surface area contributed by atoms with Crippen molar-refractivity contribution in [3.05, 3.63) is 35.4 Å². The predicted molar refractivity (Wildman–Crippen MR) is 113 cm³/mol. The summed E-state index contributed by atoms with van der Waals surface area (Å²) in [4.78, 5) is 4.55. The molecule has 1 saturated heterocycles. The number of nitrogens with zero attached hydrogens (tertiary/aromatic N) is 1. The Bertz CT molecular complexity index is 721. The third-order valence-corrected chi connectivity index (χ3v) is 6.35. The van der Waals surface area contributed by atoms with Gasteiger partial charge in [-0.25, -0.2) is 4.99 Å². The number of ether oxygens (including phenoxy) is 1. The van der Waals surface area contributed by atoms with Crippen LogP contribution < -0.4 is 10.6 Å². The fraction of sp³-hybridized carbons (Fsp3) is 0.650. The molecule has 28 heavy (non-hydrogen) atoms. The first kappa shape index (κ1) is 21.7. The number of nitrogens with one attached hydrogen (secondary N) is 2. The second kappa shape index (κ2) is 8.38. The summed E-state index contributed by atoms with van der Waals surface area (Å²) in [6, 6.07) is 5.72. The molecule has 4 rings (SSSR count). The molecule has 1 aromatic carbocycles. The van der Waals surface area contributed by atoms with Gasteiger partial charge in [0.05, 0.1) is 18.2 Å². The van der Waals surface area contributed by atoms with Crippen molar-refractivity contribution >= 4 is 29.9 Å². The van der Waals surface area contributed by atoms with Crippen molar-refractivity contribution in [2.75, 3.05) is 13.2 Å². The monoisotopic (exact) mass is 509 g/mol. The minimum Gasteiger partial charge on any atom is -0.377 e. The van der Waals surface area contributed by atoms with Crippen LogP contribution in [0.4, 0.5) is 13.2 Å². The van der Waals surface area contributed by atoms with Crippen molar-refractivity contribution in [3.8, 4) is 0 Å². The number of alkyl halides is 3. The van der Waals surface area contributed by atoms with Crippen molar-refractivity contribution in [2.45, 2.75) is 57.5 Å². The third kappa shape index (κ3) is 3.86. The summed E-state index contributed by atoms with van der Waals surface area (Å²) in [6.45, 7) is 3.73. The van der Waals surface area contributed by atoms with Gasteiger partial charge in [-0.2, -0.15) is 13.2 Å². The zero-order chi connectivity index (χ0) is 19.1. The summed E-state index contributed by atoms with van der Waals surface area (Å²) in [7, 11) is 0. The maximum Gasteiger partial charge on any atom is 0.416 e. The Morgan fingerprint density at radius 2 is 2.11 bits per heavy atom. The van der Waals surface area contributed by atoms with Crippen molar-refractivity contribution in [2.24, 2.45) is 16.3 Å². The summed E-state index contributed by atoms with van der Waals surface area (Å²) < 4.78 is 44.6. The van der Waals surface area contributed by atoms with Gasteiger partial charge in [0.1, 0.15) is 0 Å². The number of fused-ring (bicyclic) bond motifs is 2. The molecule has 3 fully saturated rings. The smallest absolute Gasteiger partial charge is 0.377 e. The highest BCUT2D eigenvalue weighted by Gasteiger charge is 2.66. The summed E-state index contributed by atoms with van der Waals surface area (Å²) in [5.74, 6) is 1.19. The van der Waals surface area contributed by atoms with Crippen molar-refractivity contribution < 1.29 is 17.9 Å². The fourth-order valence-corrected chi connectivity index (χ4v) is 4.94. The van der Waals surface area contributed by atoms with Crippen molar-refractivity contribution in [1.82, 2.24) is 10.6 Å². The van der Waals surface area contributed by atoms with Gasteiger partial charge in [0.2, 0.25) is 0 Å². The molecule has 4 nitrogen and oxygen atoms in total. The lowest BCUT2D eigenvalue weighted by atomic mass is 9.46. The summed E-state index contributed by atoms with van der Waals surface area (Å²) in [5, 5.41) is 6.81. The standard InChI is InChI=1S/C20H26F3N3O.HI/c1-2-24-18(25-12-13-5-3-6-14(11-13)20(21,22)23)26-16-15-7-10-27-17(15)19(16)8-4-9-19;/h3,5-6,11,15-17H,2,4,7-10,12H2,1H3,(H2,24,25,26);1H. The van der Waals surface area contributed by atoms with Gasteiger partial charge in [-0.3, -0.25) is 0 Å². The molecular formula is C20H27F3IN3O. The fourth-order valence-electron chi connectivity index (χ4n) is 4.94. The number of aliphatic imine (C=N–C) groups is 1. The van der Waals surface area contributed by atoms with Gasteiger partial charge in [-0.05, 0) is 43.9 Å². The molecule has 1 heterocycles. The first-order chi connectivity index (χ1) is 12.9. The summed E-state index contributed by atoms with van der Waals surface area (Å²) >= 11 is 0. The Morgan fingerprint density at radius 1 is 1.32 bits per heavy atom. The summed E-state index contributed by atoms with van der Waals surface area (Å²) in [5.41, 5.74) is 0.149. The predicted octanol–water partition coefficient (Wildman–Crippen LogP) is 4.34. The highest BCUT2D eigenvalue weighted by Crippen LogP contribution is 2.62. The number of benzene rings is 1. The number of halogens is 4. The minimum atomic E-state index is -4.33. The molecule has 0 aromatic heterocycles. The molecule has 156 valence electrons. The van der Waals surface area contributed by atoms with Crippen LogP contribution in [0.25, 0.3) is 0 Å². The van der Waals surface area contributed by atoms with E-state index in [1.54, 1.807) is 6.07 Å². The van der Waals surface area contributed by atoms with Gasteiger partial charge < -0.3 is 15.4 Å². The van der Waals surface area contributed by atoms with E-state index >= 15 is 0 Å². The Balaban J connectivity index is 0.00000225. The van der Waals surface area contributed by atoms with Crippen LogP contribution in [0.5, 0.6) is 0 Å². The zero-order valence-electron chi connectivity index (χ0n) is 15.9. The molecule has 2 N–H and O–H groups in total. The second-order valence-electron chi connectivity index (χ2n) is 7.85. The largest absolute Gasteiger partial charge is 0.416 e. The highest BCUT2D eigenvalue weighted by atomic mass is 127. The van der Waals surface area contributed by atoms with E-state index in [0.29, 0.717) is 36.1 Å². The average Bonchev–Trinajstić information content (AvgIpc) is 3.00. The van der Waals surface area contributed by atoms with E-state index in [9.17, 15) is 13.2 Å². The van der Waals surface area contributed by atoms with Gasteiger partial charge in [-0.15, -0.1) is 24.0 Å². The van der Waals surface area contributed by atoms with E-state index in [0.717, 1.165) is 19.1 Å². The first-order valence-corrected chi connectivity index (χ1v) is 9.76. The number of hydrogen-bond donors (Lipinski definition) is 2. The van der Waals surface area contributed by atoms with E-state index in [4.69, 9.17) is 4.74 Å². The SMILES string of the molecule is CCNC(=NCc1cccc(C(F)(F)F)c1)NC1C2CCOC2C12CCC2.I. The molecule has 1 aliphatic heterocycles. The van der Waals surface area contributed by atoms with Crippen LogP contribution in [0, 0.1) is 11.3 Å². The lowest BCUT2D eigenvalue weighted by molar-refractivity contribution is -0.171. The highest BCUT2D eigenvalue weighted by molar-refractivity contribution is 14.0. The quantitative estimate of drug-likeness (QED) is 0.361. The molecule has 2 saturated carbocycles. The molecule has 0 amide bonds. The van der Waals surface area contributed by atoms with Crippen molar-refractivity contribution in [3.63, 3.8) is 0 Å². The zero-order valence-corrected chi connectivity index (χ0v) is 18.2. The maximum atomic E-state index is 12.9. The molecule has 3 unspecified atom stereocenters. The Kier molecular flexibility index (Phi) is 6.48. The summed E-state index contributed by atoms with van der Waals surface area (Å²) in [6.07, 6.45) is 0.704. The van der Waals surface area contributed by atoms with Crippen LogP contribution in [0.1, 0.15) is 43.7 Å². The van der Waals surface area contributed by atoms with Gasteiger partial charge in [-0.1, -0.05) is 18.6 Å². The number of hydrogen-bond acceptors (Lipinski definition) is 2. The molecule has 2 aliphatic carbocycles. The van der Waals surface area contributed by atoms with Crippen LogP contribution in [0.2, 0.25) is 0 Å². The molecule has 1 aromatic rings. The normalized spacial score (nSPS) is 28.0. The molecule has 0 radical (unpaired) electrons. The van der Waals surface area contributed by atoms with E-state index < -0.39 is 11.7 Å². The Hall–Kier alpha value is -1.03. The minimum absolute atomic E-state index is 0. The van der Waals surface area contributed by atoms with Crippen molar-refractivity contribution in [1.29, 1.82) is 0 Å². The Labute approximate surface area is 180 Å².